The predicted octanol–water partition coefficient (Wildman–Crippen LogP) is 6.26. The number of hydrogen-bond donors (Lipinski definition) is 5. The molecular weight excluding hydrogens is 847 g/mol. The van der Waals surface area contributed by atoms with Crippen LogP contribution < -0.4 is 20.9 Å². The molecule has 0 bridgehead atoms. The number of allylic oxidation sites excluding steroid dienone is 4. The zero-order valence-corrected chi connectivity index (χ0v) is 39.6. The number of carbonyl (C=O) groups is 4. The van der Waals surface area contributed by atoms with Crippen molar-refractivity contribution in [3.8, 4) is 0 Å². The summed E-state index contributed by atoms with van der Waals surface area (Å²) in [4.78, 5) is 54.5. The van der Waals surface area contributed by atoms with Crippen molar-refractivity contribution < 1.29 is 49.7 Å². The van der Waals surface area contributed by atoms with E-state index in [0.717, 1.165) is 54.8 Å². The van der Waals surface area contributed by atoms with Gasteiger partial charge in [0.05, 0.1) is 16.9 Å². The van der Waals surface area contributed by atoms with E-state index in [-0.39, 0.29) is 54.2 Å². The molecule has 3 amide bonds. The van der Waals surface area contributed by atoms with Crippen molar-refractivity contribution in [3.63, 3.8) is 0 Å². The zero-order valence-electron chi connectivity index (χ0n) is 38.0. The lowest BCUT2D eigenvalue weighted by atomic mass is 9.79. The van der Waals surface area contributed by atoms with Crippen LogP contribution in [0.4, 0.5) is 11.4 Å². The topological polar surface area (TPSA) is 219 Å². The second kappa shape index (κ2) is 21.3. The Bertz CT molecular complexity index is 2380. The lowest BCUT2D eigenvalue weighted by Gasteiger charge is -2.27. The number of fused-ring (bicyclic) bond motifs is 2. The Labute approximate surface area is 373 Å². The van der Waals surface area contributed by atoms with Gasteiger partial charge in [0.25, 0.3) is 38.0 Å². The fraction of sp³-hybridized carbons (Fsp3) is 0.543. The van der Waals surface area contributed by atoms with E-state index in [4.69, 9.17) is 0 Å². The van der Waals surface area contributed by atoms with Gasteiger partial charge < -0.3 is 20.9 Å². The van der Waals surface area contributed by atoms with Gasteiger partial charge in [-0.25, -0.2) is 0 Å². The first-order valence-electron chi connectivity index (χ1n) is 21.9. The molecule has 2 aliphatic rings. The van der Waals surface area contributed by atoms with E-state index in [9.17, 15) is 45.1 Å². The smallest absolute Gasteiger partial charge is 0.266 e. The van der Waals surface area contributed by atoms with E-state index in [0.29, 0.717) is 42.9 Å². The zero-order chi connectivity index (χ0) is 46.9. The average molecular weight is 913 g/mol. The molecule has 17 heteroatoms. The number of nitrogens with zero attached hydrogens (tertiary/aromatic N) is 2. The molecule has 2 aromatic carbocycles. The van der Waals surface area contributed by atoms with Gasteiger partial charge in [0.15, 0.2) is 5.71 Å². The van der Waals surface area contributed by atoms with E-state index in [1.165, 1.54) is 6.07 Å². The van der Waals surface area contributed by atoms with Crippen LogP contribution in [0, 0.1) is 5.92 Å². The number of ketones is 1. The van der Waals surface area contributed by atoms with E-state index in [2.05, 4.69) is 27.8 Å². The third-order valence-corrected chi connectivity index (χ3v) is 13.2. The first kappa shape index (κ1) is 50.9. The third kappa shape index (κ3) is 13.0. The number of carbonyl (C=O) groups excluding carboxylic acids is 4. The molecule has 63 heavy (non-hydrogen) atoms. The summed E-state index contributed by atoms with van der Waals surface area (Å²) >= 11 is 0. The molecule has 0 aliphatic carbocycles. The van der Waals surface area contributed by atoms with Gasteiger partial charge in [-0.2, -0.15) is 21.4 Å². The van der Waals surface area contributed by atoms with Gasteiger partial charge in [0.2, 0.25) is 5.69 Å². The van der Waals surface area contributed by atoms with Crippen LogP contribution >= 0.6 is 0 Å². The van der Waals surface area contributed by atoms with Crippen molar-refractivity contribution in [3.05, 3.63) is 82.1 Å². The maximum atomic E-state index is 13.8. The molecular formula is C46H66N5O10S2+. The van der Waals surface area contributed by atoms with Crippen molar-refractivity contribution in [1.82, 2.24) is 16.0 Å². The monoisotopic (exact) mass is 912 g/mol. The van der Waals surface area contributed by atoms with Gasteiger partial charge in [-0.05, 0) is 70.4 Å². The Balaban J connectivity index is 1.73. The number of Topliss-reactive ketones (excluding diaryl/α,β-unsaturated/α-hetero) is 1. The molecule has 346 valence electrons. The average Bonchev–Trinajstić information content (AvgIpc) is 3.54. The Hall–Kier alpha value is -4.71. The van der Waals surface area contributed by atoms with Crippen molar-refractivity contribution in [2.75, 3.05) is 49.1 Å². The summed E-state index contributed by atoms with van der Waals surface area (Å²) in [6, 6.07) is 8.73. The summed E-state index contributed by atoms with van der Waals surface area (Å²) in [6.45, 7) is 17.0. The van der Waals surface area contributed by atoms with Gasteiger partial charge in [-0.1, -0.05) is 53.5 Å². The summed E-state index contributed by atoms with van der Waals surface area (Å²) in [5, 5.41) is 8.39. The second-order valence-corrected chi connectivity index (χ2v) is 20.7. The minimum atomic E-state index is -4.34. The molecule has 0 atom stereocenters. The van der Waals surface area contributed by atoms with Gasteiger partial charge in [-0.15, -0.1) is 0 Å². The van der Waals surface area contributed by atoms with Crippen LogP contribution in [0.25, 0.3) is 0 Å². The van der Waals surface area contributed by atoms with Crippen LogP contribution in [0.1, 0.15) is 143 Å². The number of rotatable bonds is 23. The number of nitrogens with one attached hydrogen (secondary N) is 3. The Morgan fingerprint density at radius 3 is 2.08 bits per heavy atom. The van der Waals surface area contributed by atoms with Crippen LogP contribution in [-0.2, 0) is 35.9 Å². The summed E-state index contributed by atoms with van der Waals surface area (Å²) in [5.41, 5.74) is 4.11. The SMILES string of the molecule is CCCCN1C(=CC=CC2=[N+](CCCS(=O)(=O)O)c3ccc(C(=O)NCCCCCC(=O)C(C)C)cc3C2(C)C)C(C)(C)c2c(C(=O)NCCS(=O)(=O)O)cc(C(=O)NCC)cc21. The molecule has 0 unspecified atom stereocenters. The highest BCUT2D eigenvalue weighted by molar-refractivity contribution is 7.86. The minimum Gasteiger partial charge on any atom is -0.352 e. The first-order chi connectivity index (χ1) is 29.4. The van der Waals surface area contributed by atoms with Crippen molar-refractivity contribution in [2.45, 2.75) is 111 Å². The Kier molecular flexibility index (Phi) is 17.2. The molecule has 0 spiro atoms. The largest absolute Gasteiger partial charge is 0.352 e. The number of anilines is 1. The van der Waals surface area contributed by atoms with E-state index in [1.807, 2.05) is 76.5 Å². The van der Waals surface area contributed by atoms with Gasteiger partial charge >= 0.3 is 0 Å². The normalized spacial score (nSPS) is 16.2. The summed E-state index contributed by atoms with van der Waals surface area (Å²) in [7, 11) is -8.57. The molecule has 2 heterocycles. The maximum absolute atomic E-state index is 13.8. The molecule has 0 aromatic heterocycles. The Morgan fingerprint density at radius 1 is 0.778 bits per heavy atom. The van der Waals surface area contributed by atoms with E-state index in [1.54, 1.807) is 19.1 Å². The van der Waals surface area contributed by atoms with Gasteiger partial charge in [-0.3, -0.25) is 28.3 Å². The quantitative estimate of drug-likeness (QED) is 0.0476. The highest BCUT2D eigenvalue weighted by Gasteiger charge is 2.46. The molecule has 5 N–H and O–H groups in total. The summed E-state index contributed by atoms with van der Waals surface area (Å²) < 4.78 is 67.3. The van der Waals surface area contributed by atoms with Gasteiger partial charge in [0, 0.05) is 102 Å². The number of amides is 3. The molecule has 15 nitrogen and oxygen atoms in total. The minimum absolute atomic E-state index is 0.0132. The fourth-order valence-corrected chi connectivity index (χ4v) is 9.15. The summed E-state index contributed by atoms with van der Waals surface area (Å²) in [5.74, 6) is -2.06. The molecule has 0 saturated carbocycles. The van der Waals surface area contributed by atoms with Gasteiger partial charge in [0.1, 0.15) is 12.3 Å². The van der Waals surface area contributed by atoms with Crippen molar-refractivity contribution >= 4 is 60.8 Å². The molecule has 4 rings (SSSR count). The number of benzene rings is 2. The molecule has 2 aliphatic heterocycles. The molecule has 0 fully saturated rings. The molecule has 0 saturated heterocycles. The number of unbranched alkanes of at least 4 members (excludes halogenated alkanes) is 3. The lowest BCUT2D eigenvalue weighted by molar-refractivity contribution is -0.437. The van der Waals surface area contributed by atoms with Crippen molar-refractivity contribution in [1.29, 1.82) is 0 Å². The third-order valence-electron chi connectivity index (χ3n) is 11.7. The first-order valence-corrected chi connectivity index (χ1v) is 25.1. The van der Waals surface area contributed by atoms with E-state index >= 15 is 0 Å². The van der Waals surface area contributed by atoms with Crippen molar-refractivity contribution in [2.24, 2.45) is 5.92 Å². The predicted molar refractivity (Wildman–Crippen MR) is 247 cm³/mol. The number of hydrogen-bond acceptors (Lipinski definition) is 9. The highest BCUT2D eigenvalue weighted by Crippen LogP contribution is 2.50. The second-order valence-electron chi connectivity index (χ2n) is 17.6. The van der Waals surface area contributed by atoms with Crippen LogP contribution in [0.5, 0.6) is 0 Å². The maximum Gasteiger partial charge on any atom is 0.266 e. The Morgan fingerprint density at radius 2 is 1.44 bits per heavy atom. The van der Waals surface area contributed by atoms with E-state index < -0.39 is 48.5 Å². The highest BCUT2D eigenvalue weighted by atomic mass is 32.2. The van der Waals surface area contributed by atoms with Crippen LogP contribution in [0.3, 0.4) is 0 Å². The standard InChI is InChI=1S/C46H65N5O10S2/c1-9-11-24-51-37-30-33(43(54)47-10-2)28-34(44(55)49-23-27-63(59,60)61)41(37)46(7,8)40(51)19-15-18-39-45(5,6)35-29-32(20-21-36(35)50(39)25-16-26-62(56,57)58)42(53)48-22-14-12-13-17-38(52)31(3)4/h15,18-21,28-31H,9-14,16-17,22-27H2,1-8H3,(H4-,47,48,49,53,54,55,56,57,58,59,60,61)/p+1. The van der Waals surface area contributed by atoms with Crippen LogP contribution in [0.2, 0.25) is 0 Å². The van der Waals surface area contributed by atoms with Crippen LogP contribution in [0.15, 0.2) is 54.3 Å². The summed E-state index contributed by atoms with van der Waals surface area (Å²) in [6.07, 6.45) is 10.5. The lowest BCUT2D eigenvalue weighted by Crippen LogP contribution is -2.32. The fourth-order valence-electron chi connectivity index (χ4n) is 8.30. The molecule has 2 aromatic rings. The van der Waals surface area contributed by atoms with Crippen LogP contribution in [-0.4, -0.2) is 104 Å². The molecule has 0 radical (unpaired) electrons.